The van der Waals surface area contributed by atoms with E-state index in [0.717, 1.165) is 38.5 Å². The van der Waals surface area contributed by atoms with Gasteiger partial charge in [0.2, 0.25) is 0 Å². The summed E-state index contributed by atoms with van der Waals surface area (Å²) in [4.78, 5) is 33.6. The number of carboxylic acid groups (broad SMARTS) is 1. The van der Waals surface area contributed by atoms with E-state index < -0.39 is 5.97 Å². The lowest BCUT2D eigenvalue weighted by Crippen LogP contribution is -2.59. The fraction of sp³-hybridized carbons (Fsp3) is 0.885. The van der Waals surface area contributed by atoms with Crippen molar-refractivity contribution in [2.24, 2.45) is 46.3 Å². The molecular weight excluding hydrogens is 408 g/mol. The van der Waals surface area contributed by atoms with Crippen LogP contribution in [0.1, 0.15) is 85.0 Å². The second kappa shape index (κ2) is 8.98. The molecule has 4 aliphatic rings. The van der Waals surface area contributed by atoms with E-state index in [9.17, 15) is 19.5 Å². The monoisotopic (exact) mass is 448 g/mol. The molecule has 32 heavy (non-hydrogen) atoms. The van der Waals surface area contributed by atoms with E-state index in [1.807, 2.05) is 0 Å². The molecular formula is C26H40O6. The Morgan fingerprint density at radius 3 is 2.47 bits per heavy atom. The highest BCUT2D eigenvalue weighted by Crippen LogP contribution is 2.68. The minimum absolute atomic E-state index is 0.0453. The smallest absolute Gasteiger partial charge is 0.303 e. The predicted octanol–water partition coefficient (Wildman–Crippen LogP) is 4.84. The SMILES string of the molecule is C[C@H](CCC(=O)O)[C@H]1CC[C@H]2[C@@H]3CC[C@H]4C[C@@H](OC=O)CC[C@]4(C)[C@H]3C[C@H](OC=O)[C@]12C. The molecule has 0 aromatic heterocycles. The summed E-state index contributed by atoms with van der Waals surface area (Å²) in [6.45, 7) is 8.21. The molecule has 0 saturated heterocycles. The van der Waals surface area contributed by atoms with Crippen LogP contribution < -0.4 is 0 Å². The fourth-order valence-corrected chi connectivity index (χ4v) is 9.14. The molecule has 0 aliphatic heterocycles. The van der Waals surface area contributed by atoms with Crippen LogP contribution in [0.2, 0.25) is 0 Å². The number of aliphatic carboxylic acids is 1. The summed E-state index contributed by atoms with van der Waals surface area (Å²) in [6.07, 6.45) is 9.29. The first-order valence-corrected chi connectivity index (χ1v) is 12.7. The number of hydrogen-bond acceptors (Lipinski definition) is 5. The molecule has 1 N–H and O–H groups in total. The molecule has 10 atom stereocenters. The average molecular weight is 449 g/mol. The maximum absolute atomic E-state index is 11.6. The molecule has 0 radical (unpaired) electrons. The van der Waals surface area contributed by atoms with Crippen LogP contribution in [0.4, 0.5) is 0 Å². The highest BCUT2D eigenvalue weighted by atomic mass is 16.5. The van der Waals surface area contributed by atoms with Crippen molar-refractivity contribution >= 4 is 18.9 Å². The Kier molecular flexibility index (Phi) is 6.61. The summed E-state index contributed by atoms with van der Waals surface area (Å²) in [7, 11) is 0. The number of fused-ring (bicyclic) bond motifs is 5. The zero-order valence-corrected chi connectivity index (χ0v) is 19.8. The zero-order chi connectivity index (χ0) is 23.1. The minimum Gasteiger partial charge on any atom is -0.481 e. The predicted molar refractivity (Wildman–Crippen MR) is 119 cm³/mol. The Bertz CT molecular complexity index is 723. The van der Waals surface area contributed by atoms with Gasteiger partial charge in [-0.1, -0.05) is 20.8 Å². The molecule has 180 valence electrons. The zero-order valence-electron chi connectivity index (χ0n) is 19.8. The molecule has 4 aliphatic carbocycles. The molecule has 0 aromatic carbocycles. The number of rotatable bonds is 8. The molecule has 0 unspecified atom stereocenters. The van der Waals surface area contributed by atoms with Crippen LogP contribution in [0.25, 0.3) is 0 Å². The van der Waals surface area contributed by atoms with Crippen molar-refractivity contribution in [1.82, 2.24) is 0 Å². The Morgan fingerprint density at radius 1 is 1.03 bits per heavy atom. The second-order valence-corrected chi connectivity index (χ2v) is 11.7. The van der Waals surface area contributed by atoms with Crippen LogP contribution in [0.5, 0.6) is 0 Å². The van der Waals surface area contributed by atoms with Gasteiger partial charge in [0.1, 0.15) is 12.2 Å². The first-order valence-electron chi connectivity index (χ1n) is 12.7. The molecule has 0 heterocycles. The van der Waals surface area contributed by atoms with E-state index in [0.29, 0.717) is 54.9 Å². The summed E-state index contributed by atoms with van der Waals surface area (Å²) in [5.41, 5.74) is 0.117. The van der Waals surface area contributed by atoms with Crippen molar-refractivity contribution in [3.8, 4) is 0 Å². The van der Waals surface area contributed by atoms with Gasteiger partial charge in [-0.25, -0.2) is 0 Å². The summed E-state index contributed by atoms with van der Waals surface area (Å²) in [5, 5.41) is 9.18. The number of carbonyl (C=O) groups is 3. The van der Waals surface area contributed by atoms with Gasteiger partial charge in [0.15, 0.2) is 0 Å². The second-order valence-electron chi connectivity index (χ2n) is 11.7. The van der Waals surface area contributed by atoms with Crippen LogP contribution in [0, 0.1) is 46.3 Å². The van der Waals surface area contributed by atoms with Gasteiger partial charge in [0.25, 0.3) is 12.9 Å². The van der Waals surface area contributed by atoms with Gasteiger partial charge in [-0.15, -0.1) is 0 Å². The van der Waals surface area contributed by atoms with Crippen LogP contribution >= 0.6 is 0 Å². The average Bonchev–Trinajstić information content (AvgIpc) is 3.11. The van der Waals surface area contributed by atoms with Crippen molar-refractivity contribution in [3.05, 3.63) is 0 Å². The lowest BCUT2D eigenvalue weighted by molar-refractivity contribution is -0.190. The van der Waals surface area contributed by atoms with Gasteiger partial charge in [-0.2, -0.15) is 0 Å². The van der Waals surface area contributed by atoms with Crippen LogP contribution in [0.15, 0.2) is 0 Å². The number of ether oxygens (including phenoxy) is 2. The normalized spacial score (nSPS) is 46.2. The third kappa shape index (κ3) is 3.75. The maximum atomic E-state index is 11.6. The highest BCUT2D eigenvalue weighted by Gasteiger charge is 2.64. The van der Waals surface area contributed by atoms with E-state index in [-0.39, 0.29) is 29.5 Å². The number of carboxylic acids is 1. The topological polar surface area (TPSA) is 89.9 Å². The lowest BCUT2D eigenvalue weighted by atomic mass is 9.43. The summed E-state index contributed by atoms with van der Waals surface area (Å²) >= 11 is 0. The molecule has 0 bridgehead atoms. The number of carbonyl (C=O) groups excluding carboxylic acids is 2. The molecule has 4 rings (SSSR count). The quantitative estimate of drug-likeness (QED) is 0.535. The van der Waals surface area contributed by atoms with Gasteiger partial charge in [0, 0.05) is 11.8 Å². The summed E-state index contributed by atoms with van der Waals surface area (Å²) in [5.74, 6) is 2.18. The Balaban J connectivity index is 1.59. The molecule has 0 amide bonds. The molecule has 4 fully saturated rings. The molecule has 4 saturated carbocycles. The van der Waals surface area contributed by atoms with Gasteiger partial charge in [-0.05, 0) is 98.7 Å². The van der Waals surface area contributed by atoms with Crippen molar-refractivity contribution in [2.45, 2.75) is 97.2 Å². The number of hydrogen-bond donors (Lipinski definition) is 1. The van der Waals surface area contributed by atoms with E-state index in [2.05, 4.69) is 20.8 Å². The van der Waals surface area contributed by atoms with Gasteiger partial charge in [0.05, 0.1) is 0 Å². The Hall–Kier alpha value is -1.59. The van der Waals surface area contributed by atoms with Crippen molar-refractivity contribution < 1.29 is 29.0 Å². The van der Waals surface area contributed by atoms with Crippen molar-refractivity contribution in [1.29, 1.82) is 0 Å². The van der Waals surface area contributed by atoms with E-state index >= 15 is 0 Å². The first-order chi connectivity index (χ1) is 15.3. The van der Waals surface area contributed by atoms with E-state index in [4.69, 9.17) is 9.47 Å². The van der Waals surface area contributed by atoms with Gasteiger partial charge >= 0.3 is 5.97 Å². The van der Waals surface area contributed by atoms with E-state index in [1.54, 1.807) is 0 Å². The van der Waals surface area contributed by atoms with Gasteiger partial charge in [-0.3, -0.25) is 14.4 Å². The largest absolute Gasteiger partial charge is 0.481 e. The molecule has 0 aromatic rings. The molecule has 6 heteroatoms. The van der Waals surface area contributed by atoms with Crippen LogP contribution in [-0.2, 0) is 23.9 Å². The maximum Gasteiger partial charge on any atom is 0.303 e. The summed E-state index contributed by atoms with van der Waals surface area (Å²) in [6, 6.07) is 0. The van der Waals surface area contributed by atoms with Gasteiger partial charge < -0.3 is 14.6 Å². The minimum atomic E-state index is -0.735. The van der Waals surface area contributed by atoms with Crippen molar-refractivity contribution in [2.75, 3.05) is 0 Å². The summed E-state index contributed by atoms with van der Waals surface area (Å²) < 4.78 is 11.2. The van der Waals surface area contributed by atoms with Crippen molar-refractivity contribution in [3.63, 3.8) is 0 Å². The Labute approximate surface area is 191 Å². The van der Waals surface area contributed by atoms with Crippen LogP contribution in [-0.4, -0.2) is 36.2 Å². The van der Waals surface area contributed by atoms with E-state index in [1.165, 1.54) is 12.8 Å². The molecule has 0 spiro atoms. The lowest BCUT2D eigenvalue weighted by Gasteiger charge is -2.62. The third-order valence-corrected chi connectivity index (χ3v) is 10.7. The third-order valence-electron chi connectivity index (χ3n) is 10.7. The Morgan fingerprint density at radius 2 is 1.78 bits per heavy atom. The standard InChI is InChI=1S/C26H40O6/c1-16(4-9-24(29)30)20-7-8-21-19-6-5-17-12-18(31-14-27)10-11-25(17,2)22(19)13-23(32-15-28)26(20,21)3/h14-23H,4-13H2,1-3H3,(H,29,30)/t16-,17+,18+,19+,20-,21+,22+,23+,25+,26-/m1/s1. The highest BCUT2D eigenvalue weighted by molar-refractivity contribution is 5.66. The first kappa shape index (κ1) is 23.6. The molecule has 6 nitrogen and oxygen atoms in total. The fourth-order valence-electron chi connectivity index (χ4n) is 9.14. The van der Waals surface area contributed by atoms with Crippen LogP contribution in [0.3, 0.4) is 0 Å².